The largest absolute Gasteiger partial charge is 0.534 e. The van der Waals surface area contributed by atoms with E-state index in [1.54, 1.807) is 0 Å². The molecule has 0 amide bonds. The zero-order valence-electron chi connectivity index (χ0n) is 16.0. The second-order valence-corrected chi connectivity index (χ2v) is 6.79. The lowest BCUT2D eigenvalue weighted by Crippen LogP contribution is -2.43. The fourth-order valence-corrected chi connectivity index (χ4v) is 4.00. The number of carbonyl (C=O) groups is 1. The number of carbonyl (C=O) groups excluding carboxylic acids is 1. The Morgan fingerprint density at radius 2 is 1.67 bits per heavy atom. The number of ether oxygens (including phenoxy) is 1. The Balaban J connectivity index is 2.02. The van der Waals surface area contributed by atoms with Gasteiger partial charge in [-0.25, -0.2) is 4.79 Å². The van der Waals surface area contributed by atoms with Crippen LogP contribution in [0, 0.1) is 5.92 Å². The third kappa shape index (κ3) is 4.19. The maximum atomic E-state index is 11.5. The number of rotatable bonds is 4. The van der Waals surface area contributed by atoms with Crippen LogP contribution in [0.4, 0.5) is 4.79 Å². The summed E-state index contributed by atoms with van der Waals surface area (Å²) < 4.78 is 4.58. The Labute approximate surface area is 160 Å². The zero-order valence-corrected chi connectivity index (χ0v) is 16.0. The Morgan fingerprint density at radius 3 is 2.22 bits per heavy atom. The monoisotopic (exact) mass is 366 g/mol. The van der Waals surface area contributed by atoms with Gasteiger partial charge < -0.3 is 4.74 Å². The minimum atomic E-state index is -0.788. The molecular weight excluding hydrogens is 340 g/mol. The van der Waals surface area contributed by atoms with Gasteiger partial charge in [0.05, 0.1) is 12.8 Å². The summed E-state index contributed by atoms with van der Waals surface area (Å²) in [4.78, 5) is 18.8. The molecule has 0 N–H and O–H groups in total. The van der Waals surface area contributed by atoms with Crippen molar-refractivity contribution in [2.24, 2.45) is 11.1 Å². The molecular formula is C22H26N2O3. The van der Waals surface area contributed by atoms with Crippen molar-refractivity contribution in [1.29, 1.82) is 0 Å². The molecule has 0 radical (unpaired) electrons. The average Bonchev–Trinajstić information content (AvgIpc) is 2.73. The minimum Gasteiger partial charge on any atom is -0.436 e. The Bertz CT molecular complexity index is 777. The number of nitrogens with zero attached hydrogens (tertiary/aromatic N) is 2. The standard InChI is InChI=1S/C22H26N2O3/c1-4-18-19(23-27-22(25)26-3)15-20(16-11-7-5-8-12-16)24(2)21(18)17-13-9-6-10-14-17/h5-14,18,20-21H,4,15H2,1-3H3/b23-19+. The Morgan fingerprint density at radius 1 is 1.07 bits per heavy atom. The van der Waals surface area contributed by atoms with Gasteiger partial charge in [0.15, 0.2) is 0 Å². The van der Waals surface area contributed by atoms with E-state index >= 15 is 0 Å². The van der Waals surface area contributed by atoms with Gasteiger partial charge in [-0.2, -0.15) is 0 Å². The molecule has 0 bridgehead atoms. The van der Waals surface area contributed by atoms with E-state index in [-0.39, 0.29) is 18.0 Å². The summed E-state index contributed by atoms with van der Waals surface area (Å²) in [6, 6.07) is 21.1. The van der Waals surface area contributed by atoms with Crippen molar-refractivity contribution in [2.75, 3.05) is 14.2 Å². The third-order valence-electron chi connectivity index (χ3n) is 5.31. The van der Waals surface area contributed by atoms with Crippen LogP contribution in [0.1, 0.15) is 43.0 Å². The molecule has 5 heteroatoms. The highest BCUT2D eigenvalue weighted by Crippen LogP contribution is 2.43. The molecule has 1 heterocycles. The van der Waals surface area contributed by atoms with Gasteiger partial charge in [0.2, 0.25) is 0 Å². The van der Waals surface area contributed by atoms with Crippen LogP contribution in [0.3, 0.4) is 0 Å². The Hall–Kier alpha value is -2.66. The molecule has 3 rings (SSSR count). The van der Waals surface area contributed by atoms with Gasteiger partial charge in [0.1, 0.15) is 0 Å². The number of likely N-dealkylation sites (tertiary alicyclic amines) is 1. The molecule has 1 aliphatic heterocycles. The second-order valence-electron chi connectivity index (χ2n) is 6.79. The number of piperidine rings is 1. The smallest absolute Gasteiger partial charge is 0.436 e. The summed E-state index contributed by atoms with van der Waals surface area (Å²) in [5.74, 6) is 0.155. The fourth-order valence-electron chi connectivity index (χ4n) is 4.00. The van der Waals surface area contributed by atoms with Gasteiger partial charge in [-0.05, 0) is 24.6 Å². The maximum Gasteiger partial charge on any atom is 0.534 e. The first-order chi connectivity index (χ1) is 13.2. The van der Waals surface area contributed by atoms with E-state index in [0.29, 0.717) is 6.42 Å². The molecule has 1 aliphatic rings. The summed E-state index contributed by atoms with van der Waals surface area (Å²) in [5.41, 5.74) is 3.35. The van der Waals surface area contributed by atoms with Gasteiger partial charge in [-0.1, -0.05) is 72.7 Å². The molecule has 0 saturated carbocycles. The summed E-state index contributed by atoms with van der Waals surface area (Å²) in [7, 11) is 3.45. The molecule has 2 aromatic carbocycles. The summed E-state index contributed by atoms with van der Waals surface area (Å²) in [5, 5.41) is 4.21. The number of hydrogen-bond donors (Lipinski definition) is 0. The highest BCUT2D eigenvalue weighted by atomic mass is 16.8. The van der Waals surface area contributed by atoms with Crippen molar-refractivity contribution >= 4 is 11.9 Å². The van der Waals surface area contributed by atoms with E-state index in [2.05, 4.69) is 65.2 Å². The number of methoxy groups -OCH3 is 1. The molecule has 0 spiro atoms. The van der Waals surface area contributed by atoms with Crippen molar-refractivity contribution in [3.63, 3.8) is 0 Å². The summed E-state index contributed by atoms with van der Waals surface area (Å²) >= 11 is 0. The molecule has 2 aromatic rings. The predicted molar refractivity (Wildman–Crippen MR) is 105 cm³/mol. The van der Waals surface area contributed by atoms with Crippen LogP contribution in [-0.2, 0) is 9.57 Å². The quantitative estimate of drug-likeness (QED) is 0.435. The van der Waals surface area contributed by atoms with Gasteiger partial charge in [-0.15, -0.1) is 0 Å². The van der Waals surface area contributed by atoms with Crippen molar-refractivity contribution in [2.45, 2.75) is 31.8 Å². The molecule has 0 aliphatic carbocycles. The first-order valence-electron chi connectivity index (χ1n) is 9.29. The summed E-state index contributed by atoms with van der Waals surface area (Å²) in [6.45, 7) is 2.14. The van der Waals surface area contributed by atoms with Crippen LogP contribution in [0.25, 0.3) is 0 Å². The van der Waals surface area contributed by atoms with Crippen molar-refractivity contribution in [3.05, 3.63) is 71.8 Å². The zero-order chi connectivity index (χ0) is 19.2. The first kappa shape index (κ1) is 19.1. The maximum absolute atomic E-state index is 11.5. The first-order valence-corrected chi connectivity index (χ1v) is 9.29. The second kappa shape index (κ2) is 8.82. The van der Waals surface area contributed by atoms with Crippen LogP contribution in [0.5, 0.6) is 0 Å². The lowest BCUT2D eigenvalue weighted by atomic mass is 9.77. The lowest BCUT2D eigenvalue weighted by Gasteiger charge is -2.45. The van der Waals surface area contributed by atoms with E-state index in [9.17, 15) is 4.79 Å². The van der Waals surface area contributed by atoms with E-state index in [0.717, 1.165) is 12.1 Å². The van der Waals surface area contributed by atoms with E-state index in [1.165, 1.54) is 18.2 Å². The van der Waals surface area contributed by atoms with Gasteiger partial charge in [0.25, 0.3) is 0 Å². The van der Waals surface area contributed by atoms with Gasteiger partial charge >= 0.3 is 6.16 Å². The van der Waals surface area contributed by atoms with Crippen LogP contribution < -0.4 is 0 Å². The molecule has 3 atom stereocenters. The lowest BCUT2D eigenvalue weighted by molar-refractivity contribution is 0.0703. The third-order valence-corrected chi connectivity index (χ3v) is 5.31. The number of hydrogen-bond acceptors (Lipinski definition) is 5. The van der Waals surface area contributed by atoms with Crippen LogP contribution >= 0.6 is 0 Å². The van der Waals surface area contributed by atoms with E-state index in [1.807, 2.05) is 24.3 Å². The fraction of sp³-hybridized carbons (Fsp3) is 0.364. The summed E-state index contributed by atoms with van der Waals surface area (Å²) in [6.07, 6.45) is 0.817. The van der Waals surface area contributed by atoms with Crippen molar-refractivity contribution < 1.29 is 14.4 Å². The Kier molecular flexibility index (Phi) is 6.24. The van der Waals surface area contributed by atoms with E-state index < -0.39 is 6.16 Å². The highest BCUT2D eigenvalue weighted by Gasteiger charge is 2.40. The van der Waals surface area contributed by atoms with Crippen LogP contribution in [0.15, 0.2) is 65.8 Å². The minimum absolute atomic E-state index is 0.148. The van der Waals surface area contributed by atoms with Crippen molar-refractivity contribution in [1.82, 2.24) is 4.90 Å². The van der Waals surface area contributed by atoms with Gasteiger partial charge in [0, 0.05) is 24.4 Å². The molecule has 5 nitrogen and oxygen atoms in total. The molecule has 0 aromatic heterocycles. The highest BCUT2D eigenvalue weighted by molar-refractivity contribution is 5.89. The SMILES string of the molecule is CCC1/C(=N/OC(=O)OC)CC(c2ccccc2)N(C)C1c1ccccc1. The predicted octanol–water partition coefficient (Wildman–Crippen LogP) is 4.97. The number of benzene rings is 2. The van der Waals surface area contributed by atoms with Crippen LogP contribution in [-0.4, -0.2) is 30.9 Å². The van der Waals surface area contributed by atoms with Crippen molar-refractivity contribution in [3.8, 4) is 0 Å². The topological polar surface area (TPSA) is 51.1 Å². The average molecular weight is 366 g/mol. The van der Waals surface area contributed by atoms with Crippen LogP contribution in [0.2, 0.25) is 0 Å². The van der Waals surface area contributed by atoms with E-state index in [4.69, 9.17) is 4.84 Å². The molecule has 1 fully saturated rings. The molecule has 27 heavy (non-hydrogen) atoms. The molecule has 142 valence electrons. The molecule has 3 unspecified atom stereocenters. The van der Waals surface area contributed by atoms with Gasteiger partial charge in [-0.3, -0.25) is 9.74 Å². The molecule has 1 saturated heterocycles. The number of oxime groups is 1. The normalized spacial score (nSPS) is 24.6.